The first kappa shape index (κ1) is 17.9. The second-order valence-corrected chi connectivity index (χ2v) is 8.57. The molecule has 1 aliphatic carbocycles. The first-order chi connectivity index (χ1) is 15.2. The van der Waals surface area contributed by atoms with Crippen LogP contribution < -0.4 is 0 Å². The number of hydrogen-bond acceptors (Lipinski definition) is 6. The van der Waals surface area contributed by atoms with E-state index in [1.165, 1.54) is 16.9 Å². The van der Waals surface area contributed by atoms with Crippen LogP contribution >= 0.6 is 11.3 Å². The largest absolute Gasteiger partial charge is 0.493 e. The monoisotopic (exact) mass is 424 g/mol. The van der Waals surface area contributed by atoms with Gasteiger partial charge in [-0.2, -0.15) is 5.26 Å². The van der Waals surface area contributed by atoms with Crippen molar-refractivity contribution in [3.8, 4) is 33.8 Å². The van der Waals surface area contributed by atoms with Gasteiger partial charge in [-0.3, -0.25) is 4.40 Å². The standard InChI is InChI=1S/C24H16N4O2S/c25-13-16-8-10-20(31-16)22-23-26-18(12-15-5-3-11-30-15)24(29)28(23)19-9-7-14-4-1-2-6-17(14)21(19)27-22/h1-6,8,10-11,29H,7,9,12H2. The minimum atomic E-state index is 0.114. The Morgan fingerprint density at radius 1 is 1.06 bits per heavy atom. The van der Waals surface area contributed by atoms with Crippen molar-refractivity contribution in [1.29, 1.82) is 5.26 Å². The van der Waals surface area contributed by atoms with Crippen LogP contribution in [0.15, 0.2) is 59.2 Å². The zero-order chi connectivity index (χ0) is 20.9. The summed E-state index contributed by atoms with van der Waals surface area (Å²) in [5, 5.41) is 20.5. The molecule has 0 saturated carbocycles. The molecule has 0 unspecified atom stereocenters. The highest BCUT2D eigenvalue weighted by molar-refractivity contribution is 7.16. The van der Waals surface area contributed by atoms with Gasteiger partial charge in [0.15, 0.2) is 5.65 Å². The van der Waals surface area contributed by atoms with Gasteiger partial charge < -0.3 is 9.52 Å². The van der Waals surface area contributed by atoms with Gasteiger partial charge in [0.25, 0.3) is 0 Å². The molecule has 1 aliphatic rings. The van der Waals surface area contributed by atoms with E-state index < -0.39 is 0 Å². The fourth-order valence-corrected chi connectivity index (χ4v) is 5.05. The average molecular weight is 424 g/mol. The maximum Gasteiger partial charge on any atom is 0.220 e. The van der Waals surface area contributed by atoms with Gasteiger partial charge in [-0.1, -0.05) is 24.3 Å². The number of hydrogen-bond donors (Lipinski definition) is 1. The number of nitrogens with zero attached hydrogens (tertiary/aromatic N) is 4. The van der Waals surface area contributed by atoms with Crippen molar-refractivity contribution in [2.45, 2.75) is 19.3 Å². The number of imidazole rings is 1. The fraction of sp³-hybridized carbons (Fsp3) is 0.125. The first-order valence-electron chi connectivity index (χ1n) is 9.97. The Hall–Kier alpha value is -3.89. The highest BCUT2D eigenvalue weighted by Gasteiger charge is 2.27. The average Bonchev–Trinajstić information content (AvgIpc) is 3.55. The summed E-state index contributed by atoms with van der Waals surface area (Å²) >= 11 is 1.38. The highest BCUT2D eigenvalue weighted by atomic mass is 32.1. The van der Waals surface area contributed by atoms with Crippen molar-refractivity contribution in [3.05, 3.63) is 82.4 Å². The van der Waals surface area contributed by atoms with Crippen molar-refractivity contribution < 1.29 is 9.52 Å². The molecule has 1 N–H and O–H groups in total. The Balaban J connectivity index is 1.66. The van der Waals surface area contributed by atoms with Crippen LogP contribution in [0, 0.1) is 11.3 Å². The summed E-state index contributed by atoms with van der Waals surface area (Å²) in [5.41, 5.74) is 5.93. The molecule has 0 aliphatic heterocycles. The van der Waals surface area contributed by atoms with E-state index in [2.05, 4.69) is 18.2 Å². The normalized spacial score (nSPS) is 12.5. The zero-order valence-corrected chi connectivity index (χ0v) is 17.2. The number of furan rings is 1. The van der Waals surface area contributed by atoms with Gasteiger partial charge in [0.2, 0.25) is 5.88 Å². The maximum absolute atomic E-state index is 11.2. The van der Waals surface area contributed by atoms with Gasteiger partial charge in [0.1, 0.15) is 28.1 Å². The third-order valence-corrected chi connectivity index (χ3v) is 6.67. The molecule has 0 atom stereocenters. The smallest absolute Gasteiger partial charge is 0.220 e. The van der Waals surface area contributed by atoms with Crippen LogP contribution in [-0.4, -0.2) is 19.5 Å². The number of aromatic nitrogens is 3. The molecule has 0 saturated heterocycles. The lowest BCUT2D eigenvalue weighted by molar-refractivity contribution is 0.435. The molecule has 7 heteroatoms. The predicted molar refractivity (Wildman–Crippen MR) is 117 cm³/mol. The summed E-state index contributed by atoms with van der Waals surface area (Å²) in [5.74, 6) is 0.845. The van der Waals surface area contributed by atoms with Crippen LogP contribution in [-0.2, 0) is 19.3 Å². The van der Waals surface area contributed by atoms with E-state index >= 15 is 0 Å². The number of aromatic hydroxyl groups is 1. The molecule has 4 heterocycles. The molecular weight excluding hydrogens is 408 g/mol. The molecule has 5 aromatic rings. The number of rotatable bonds is 3. The van der Waals surface area contributed by atoms with Crippen molar-refractivity contribution in [2.24, 2.45) is 0 Å². The van der Waals surface area contributed by atoms with E-state index in [9.17, 15) is 10.4 Å². The summed E-state index contributed by atoms with van der Waals surface area (Å²) in [6.45, 7) is 0. The van der Waals surface area contributed by atoms with Crippen LogP contribution in [0.3, 0.4) is 0 Å². The number of fused-ring (bicyclic) bond motifs is 5. The minimum absolute atomic E-state index is 0.114. The van der Waals surface area contributed by atoms with E-state index in [0.717, 1.165) is 40.4 Å². The molecule has 6 rings (SSSR count). The Labute approximate surface area is 181 Å². The van der Waals surface area contributed by atoms with Gasteiger partial charge in [-0.05, 0) is 42.7 Å². The summed E-state index contributed by atoms with van der Waals surface area (Å²) in [7, 11) is 0. The number of benzene rings is 1. The van der Waals surface area contributed by atoms with Crippen LogP contribution in [0.4, 0.5) is 0 Å². The summed E-state index contributed by atoms with van der Waals surface area (Å²) in [6.07, 6.45) is 3.64. The van der Waals surface area contributed by atoms with Crippen molar-refractivity contribution in [3.63, 3.8) is 0 Å². The van der Waals surface area contributed by atoms with Crippen molar-refractivity contribution in [1.82, 2.24) is 14.4 Å². The van der Waals surface area contributed by atoms with E-state index in [1.807, 2.05) is 34.7 Å². The van der Waals surface area contributed by atoms with Gasteiger partial charge in [0, 0.05) is 5.56 Å². The van der Waals surface area contributed by atoms with Crippen LogP contribution in [0.2, 0.25) is 0 Å². The van der Waals surface area contributed by atoms with Crippen LogP contribution in [0.5, 0.6) is 5.88 Å². The quantitative estimate of drug-likeness (QED) is 0.441. The van der Waals surface area contributed by atoms with Crippen LogP contribution in [0.25, 0.3) is 27.5 Å². The number of aryl methyl sites for hydroxylation is 2. The second-order valence-electron chi connectivity index (χ2n) is 7.49. The van der Waals surface area contributed by atoms with Gasteiger partial charge in [-0.15, -0.1) is 11.3 Å². The molecule has 0 amide bonds. The Morgan fingerprint density at radius 2 is 1.97 bits per heavy atom. The number of nitriles is 1. The predicted octanol–water partition coefficient (Wildman–Crippen LogP) is 4.98. The van der Waals surface area contributed by atoms with Crippen molar-refractivity contribution in [2.75, 3.05) is 0 Å². The molecule has 0 fully saturated rings. The van der Waals surface area contributed by atoms with E-state index in [1.54, 1.807) is 12.3 Å². The van der Waals surface area contributed by atoms with Gasteiger partial charge in [0.05, 0.1) is 28.9 Å². The molecule has 0 bridgehead atoms. The Kier molecular flexibility index (Phi) is 3.95. The lowest BCUT2D eigenvalue weighted by Crippen LogP contribution is -2.12. The summed E-state index contributed by atoms with van der Waals surface area (Å²) in [4.78, 5) is 11.3. The summed E-state index contributed by atoms with van der Waals surface area (Å²) in [6, 6.07) is 17.8. The third kappa shape index (κ3) is 2.76. The van der Waals surface area contributed by atoms with Gasteiger partial charge >= 0.3 is 0 Å². The third-order valence-electron chi connectivity index (χ3n) is 5.68. The summed E-state index contributed by atoms with van der Waals surface area (Å²) < 4.78 is 7.30. The Morgan fingerprint density at radius 3 is 2.77 bits per heavy atom. The van der Waals surface area contributed by atoms with Crippen LogP contribution in [0.1, 0.15) is 27.6 Å². The number of thiophene rings is 1. The molecule has 1 aromatic carbocycles. The minimum Gasteiger partial charge on any atom is -0.493 e. The molecule has 4 aromatic heterocycles. The lowest BCUT2D eigenvalue weighted by atomic mass is 9.91. The maximum atomic E-state index is 11.2. The highest BCUT2D eigenvalue weighted by Crippen LogP contribution is 2.40. The molecule has 0 spiro atoms. The molecule has 150 valence electrons. The van der Waals surface area contributed by atoms with E-state index in [4.69, 9.17) is 14.4 Å². The van der Waals surface area contributed by atoms with Gasteiger partial charge in [-0.25, -0.2) is 9.97 Å². The molecule has 6 nitrogen and oxygen atoms in total. The molecule has 0 radical (unpaired) electrons. The van der Waals surface area contributed by atoms with Crippen molar-refractivity contribution >= 4 is 17.0 Å². The lowest BCUT2D eigenvalue weighted by Gasteiger charge is -2.21. The topological polar surface area (TPSA) is 87.4 Å². The second kappa shape index (κ2) is 6.83. The SMILES string of the molecule is N#Cc1ccc(-c2nc3c(n4c(O)c(Cc5ccco5)nc24)CCc2ccccc2-3)s1. The Bertz CT molecular complexity index is 1490. The first-order valence-corrected chi connectivity index (χ1v) is 10.8. The van der Waals surface area contributed by atoms with E-state index in [-0.39, 0.29) is 5.88 Å². The van der Waals surface area contributed by atoms with E-state index in [0.29, 0.717) is 28.3 Å². The molecule has 31 heavy (non-hydrogen) atoms. The molecular formula is C24H16N4O2S. The fourth-order valence-electron chi connectivity index (χ4n) is 4.26. The zero-order valence-electron chi connectivity index (χ0n) is 16.4.